The van der Waals surface area contributed by atoms with Gasteiger partial charge in [0, 0.05) is 12.1 Å². The average Bonchev–Trinajstić information content (AvgIpc) is 2.65. The maximum Gasteiger partial charge on any atom is 0.330 e. The topological polar surface area (TPSA) is 91.1 Å². The molecule has 0 spiro atoms. The average molecular weight is 251 g/mol. The highest BCUT2D eigenvalue weighted by Gasteiger charge is 2.33. The number of amides is 1. The van der Waals surface area contributed by atoms with Gasteiger partial charge in [-0.25, -0.2) is 4.79 Å². The van der Waals surface area contributed by atoms with Gasteiger partial charge in [0.25, 0.3) is 5.91 Å². The van der Waals surface area contributed by atoms with Crippen molar-refractivity contribution < 1.29 is 14.7 Å². The summed E-state index contributed by atoms with van der Waals surface area (Å²) in [4.78, 5) is 22.4. The van der Waals surface area contributed by atoms with Crippen LogP contribution in [0, 0.1) is 0 Å². The molecule has 6 heteroatoms. The zero-order valence-corrected chi connectivity index (χ0v) is 10.7. The van der Waals surface area contributed by atoms with Crippen LogP contribution < -0.4 is 5.32 Å². The molecule has 0 bridgehead atoms. The molecule has 0 aliphatic carbocycles. The standard InChI is InChI=1S/C12H17N3O3/c1-8(10(16)17)5-4-6-13-11(18)12(3)7-9(2)14-15-12/h5,7H,4,6H2,1-3H3,(H,13,18)(H,16,17)/b8-5+. The Morgan fingerprint density at radius 2 is 2.22 bits per heavy atom. The summed E-state index contributed by atoms with van der Waals surface area (Å²) >= 11 is 0. The molecule has 1 atom stereocenters. The first-order chi connectivity index (χ1) is 8.35. The second-order valence-electron chi connectivity index (χ2n) is 4.37. The lowest BCUT2D eigenvalue weighted by Crippen LogP contribution is -2.41. The molecule has 98 valence electrons. The summed E-state index contributed by atoms with van der Waals surface area (Å²) in [6.07, 6.45) is 3.74. The van der Waals surface area contributed by atoms with Crippen molar-refractivity contribution in [2.75, 3.05) is 6.54 Å². The molecular formula is C12H17N3O3. The fourth-order valence-corrected chi connectivity index (χ4v) is 1.50. The molecule has 0 aromatic carbocycles. The van der Waals surface area contributed by atoms with Crippen LogP contribution in [0.15, 0.2) is 33.7 Å². The lowest BCUT2D eigenvalue weighted by molar-refractivity contribution is -0.132. The largest absolute Gasteiger partial charge is 0.478 e. The Bertz CT molecular complexity index is 451. The highest BCUT2D eigenvalue weighted by atomic mass is 16.4. The van der Waals surface area contributed by atoms with Gasteiger partial charge in [0.2, 0.25) is 0 Å². The molecule has 6 nitrogen and oxygen atoms in total. The van der Waals surface area contributed by atoms with Crippen LogP contribution >= 0.6 is 0 Å². The number of hydrogen-bond donors (Lipinski definition) is 2. The van der Waals surface area contributed by atoms with E-state index in [1.165, 1.54) is 6.92 Å². The van der Waals surface area contributed by atoms with Gasteiger partial charge in [-0.3, -0.25) is 4.79 Å². The molecule has 0 aromatic heterocycles. The third kappa shape index (κ3) is 3.51. The van der Waals surface area contributed by atoms with Crippen molar-refractivity contribution >= 4 is 11.9 Å². The zero-order valence-electron chi connectivity index (χ0n) is 10.7. The van der Waals surface area contributed by atoms with E-state index < -0.39 is 11.5 Å². The molecule has 2 N–H and O–H groups in total. The van der Waals surface area contributed by atoms with Crippen LogP contribution in [0.5, 0.6) is 0 Å². The number of allylic oxidation sites excluding steroid dienone is 1. The van der Waals surface area contributed by atoms with E-state index in [2.05, 4.69) is 15.5 Å². The first-order valence-electron chi connectivity index (χ1n) is 5.66. The van der Waals surface area contributed by atoms with E-state index in [4.69, 9.17) is 5.11 Å². The third-order valence-corrected chi connectivity index (χ3v) is 2.58. The normalized spacial score (nSPS) is 22.8. The van der Waals surface area contributed by atoms with Gasteiger partial charge in [0.15, 0.2) is 5.54 Å². The monoisotopic (exact) mass is 251 g/mol. The van der Waals surface area contributed by atoms with Crippen molar-refractivity contribution in [3.8, 4) is 0 Å². The minimum absolute atomic E-state index is 0.232. The van der Waals surface area contributed by atoms with Crippen LogP contribution in [0.4, 0.5) is 0 Å². The molecule has 0 saturated heterocycles. The number of azo groups is 1. The van der Waals surface area contributed by atoms with Crippen LogP contribution in [0.25, 0.3) is 0 Å². The molecule has 0 aromatic rings. The Hall–Kier alpha value is -1.98. The Morgan fingerprint density at radius 1 is 1.56 bits per heavy atom. The molecule has 1 amide bonds. The highest BCUT2D eigenvalue weighted by Crippen LogP contribution is 2.23. The lowest BCUT2D eigenvalue weighted by Gasteiger charge is -2.15. The van der Waals surface area contributed by atoms with Gasteiger partial charge in [-0.1, -0.05) is 6.08 Å². The highest BCUT2D eigenvalue weighted by molar-refractivity contribution is 5.88. The Balaban J connectivity index is 2.42. The molecular weight excluding hydrogens is 234 g/mol. The van der Waals surface area contributed by atoms with Gasteiger partial charge in [0.05, 0.1) is 5.70 Å². The van der Waals surface area contributed by atoms with Crippen molar-refractivity contribution in [2.45, 2.75) is 32.7 Å². The van der Waals surface area contributed by atoms with Crippen LogP contribution in [0.2, 0.25) is 0 Å². The zero-order chi connectivity index (χ0) is 13.8. The van der Waals surface area contributed by atoms with Crippen molar-refractivity contribution in [3.05, 3.63) is 23.4 Å². The number of carbonyl (C=O) groups is 2. The summed E-state index contributed by atoms with van der Waals surface area (Å²) < 4.78 is 0. The molecule has 1 rings (SSSR count). The van der Waals surface area contributed by atoms with E-state index in [0.717, 1.165) is 0 Å². The number of rotatable bonds is 5. The summed E-state index contributed by atoms with van der Waals surface area (Å²) in [5, 5.41) is 19.1. The van der Waals surface area contributed by atoms with E-state index in [0.29, 0.717) is 18.7 Å². The van der Waals surface area contributed by atoms with E-state index in [1.807, 2.05) is 0 Å². The quantitative estimate of drug-likeness (QED) is 0.575. The Morgan fingerprint density at radius 3 is 2.72 bits per heavy atom. The molecule has 1 heterocycles. The van der Waals surface area contributed by atoms with Gasteiger partial charge in [0.1, 0.15) is 0 Å². The minimum Gasteiger partial charge on any atom is -0.478 e. The van der Waals surface area contributed by atoms with Crippen LogP contribution in [-0.2, 0) is 9.59 Å². The number of aliphatic carboxylic acids is 1. The summed E-state index contributed by atoms with van der Waals surface area (Å²) in [6, 6.07) is 0. The first-order valence-corrected chi connectivity index (χ1v) is 5.66. The molecule has 0 fully saturated rings. The van der Waals surface area contributed by atoms with Gasteiger partial charge in [-0.2, -0.15) is 10.2 Å². The summed E-state index contributed by atoms with van der Waals surface area (Å²) in [5.41, 5.74) is 0.0522. The fourth-order valence-electron chi connectivity index (χ4n) is 1.50. The first kappa shape index (κ1) is 14.1. The molecule has 18 heavy (non-hydrogen) atoms. The van der Waals surface area contributed by atoms with Crippen LogP contribution in [0.3, 0.4) is 0 Å². The van der Waals surface area contributed by atoms with Gasteiger partial charge in [-0.05, 0) is 33.3 Å². The summed E-state index contributed by atoms with van der Waals surface area (Å²) in [6.45, 7) is 5.35. The maximum atomic E-state index is 11.8. The second-order valence-corrected chi connectivity index (χ2v) is 4.37. The van der Waals surface area contributed by atoms with Gasteiger partial charge in [-0.15, -0.1) is 0 Å². The Labute approximate surface area is 105 Å². The summed E-state index contributed by atoms with van der Waals surface area (Å²) in [5.74, 6) is -1.18. The van der Waals surface area contributed by atoms with E-state index in [-0.39, 0.29) is 11.5 Å². The third-order valence-electron chi connectivity index (χ3n) is 2.58. The van der Waals surface area contributed by atoms with Crippen molar-refractivity contribution in [1.82, 2.24) is 5.32 Å². The van der Waals surface area contributed by atoms with E-state index >= 15 is 0 Å². The molecule has 1 unspecified atom stereocenters. The summed E-state index contributed by atoms with van der Waals surface area (Å²) in [7, 11) is 0. The van der Waals surface area contributed by atoms with Gasteiger partial charge < -0.3 is 10.4 Å². The predicted molar refractivity (Wildman–Crippen MR) is 66.0 cm³/mol. The lowest BCUT2D eigenvalue weighted by atomic mass is 10.0. The number of carboxylic acids is 1. The van der Waals surface area contributed by atoms with E-state index in [9.17, 15) is 9.59 Å². The van der Waals surface area contributed by atoms with Gasteiger partial charge >= 0.3 is 5.97 Å². The number of carbonyl (C=O) groups excluding carboxylic acids is 1. The van der Waals surface area contributed by atoms with Crippen LogP contribution in [0.1, 0.15) is 27.2 Å². The van der Waals surface area contributed by atoms with E-state index in [1.54, 1.807) is 26.0 Å². The fraction of sp³-hybridized carbons (Fsp3) is 0.500. The molecule has 1 aliphatic heterocycles. The molecule has 0 saturated carbocycles. The number of carboxylic acid groups (broad SMARTS) is 1. The molecule has 1 aliphatic rings. The molecule has 0 radical (unpaired) electrons. The Kier molecular flexibility index (Phi) is 4.36. The maximum absolute atomic E-state index is 11.8. The smallest absolute Gasteiger partial charge is 0.330 e. The number of hydrogen-bond acceptors (Lipinski definition) is 4. The predicted octanol–water partition coefficient (Wildman–Crippen LogP) is 1.65. The number of nitrogens with one attached hydrogen (secondary N) is 1. The number of nitrogens with zero attached hydrogens (tertiary/aromatic N) is 2. The van der Waals surface area contributed by atoms with Crippen molar-refractivity contribution in [2.24, 2.45) is 10.2 Å². The van der Waals surface area contributed by atoms with Crippen molar-refractivity contribution in [1.29, 1.82) is 0 Å². The SMILES string of the molecule is CC1=CC(C)(C(=O)NCC/C=C(\C)C(=O)O)N=N1. The minimum atomic E-state index is -0.948. The second kappa shape index (κ2) is 5.57. The van der Waals surface area contributed by atoms with Crippen LogP contribution in [-0.4, -0.2) is 29.1 Å². The van der Waals surface area contributed by atoms with Crippen molar-refractivity contribution in [3.63, 3.8) is 0 Å².